The molecule has 2 aliphatic rings. The minimum Gasteiger partial charge on any atom is -0.352 e. The minimum absolute atomic E-state index is 0. The van der Waals surface area contributed by atoms with Gasteiger partial charge < -0.3 is 10.6 Å². The molecular weight excluding hydrogens is 368 g/mol. The van der Waals surface area contributed by atoms with Crippen LogP contribution in [0.15, 0.2) is 11.4 Å². The van der Waals surface area contributed by atoms with Gasteiger partial charge in [0.15, 0.2) is 0 Å². The number of aromatic nitrogens is 2. The topological polar surface area (TPSA) is 59.0 Å². The lowest BCUT2D eigenvalue weighted by Crippen LogP contribution is -2.23. The fraction of sp³-hybridized carbons (Fsp3) is 0.579. The largest absolute Gasteiger partial charge is 0.352 e. The highest BCUT2D eigenvalue weighted by Gasteiger charge is 2.16. The van der Waals surface area contributed by atoms with E-state index in [1.165, 1.54) is 47.4 Å². The summed E-state index contributed by atoms with van der Waals surface area (Å²) in [4.78, 5) is 13.8. The van der Waals surface area contributed by atoms with E-state index >= 15 is 0 Å². The Morgan fingerprint density at radius 1 is 1.31 bits per heavy atom. The monoisotopic (exact) mass is 394 g/mol. The van der Waals surface area contributed by atoms with Gasteiger partial charge in [0.25, 0.3) is 0 Å². The first-order valence-electron chi connectivity index (χ1n) is 9.41. The Bertz CT molecular complexity index is 731. The third-order valence-electron chi connectivity index (χ3n) is 5.18. The molecule has 1 aliphatic carbocycles. The van der Waals surface area contributed by atoms with E-state index in [2.05, 4.69) is 31.9 Å². The summed E-state index contributed by atoms with van der Waals surface area (Å²) in [5.41, 5.74) is 5.09. The number of thiophene rings is 1. The number of hydrogen-bond donors (Lipinski definition) is 2. The Hall–Kier alpha value is -1.37. The van der Waals surface area contributed by atoms with E-state index in [0.717, 1.165) is 31.7 Å². The number of rotatable bonds is 5. The average molecular weight is 395 g/mol. The van der Waals surface area contributed by atoms with E-state index in [0.29, 0.717) is 19.4 Å². The van der Waals surface area contributed by atoms with Gasteiger partial charge in [0.1, 0.15) is 0 Å². The number of amides is 1. The first kappa shape index (κ1) is 19.4. The van der Waals surface area contributed by atoms with Crippen LogP contribution in [0, 0.1) is 0 Å². The van der Waals surface area contributed by atoms with Crippen LogP contribution in [0.3, 0.4) is 0 Å². The van der Waals surface area contributed by atoms with Crippen LogP contribution in [0.5, 0.6) is 0 Å². The number of halogens is 1. The second-order valence-electron chi connectivity index (χ2n) is 7.03. The van der Waals surface area contributed by atoms with Crippen LogP contribution in [0.4, 0.5) is 0 Å². The normalized spacial score (nSPS) is 16.2. The molecule has 5 nitrogen and oxygen atoms in total. The predicted molar refractivity (Wildman–Crippen MR) is 107 cm³/mol. The number of fused-ring (bicyclic) bond motifs is 2. The molecular formula is C19H27ClN4OS. The van der Waals surface area contributed by atoms with E-state index < -0.39 is 0 Å². The van der Waals surface area contributed by atoms with Gasteiger partial charge in [-0.25, -0.2) is 0 Å². The lowest BCUT2D eigenvalue weighted by Gasteiger charge is -2.13. The number of carbonyl (C=O) groups excluding carboxylic acids is 1. The van der Waals surface area contributed by atoms with Gasteiger partial charge in [0.2, 0.25) is 5.91 Å². The van der Waals surface area contributed by atoms with Crippen LogP contribution in [0.25, 0.3) is 0 Å². The van der Waals surface area contributed by atoms with Crippen molar-refractivity contribution < 1.29 is 4.79 Å². The van der Waals surface area contributed by atoms with Crippen LogP contribution in [-0.4, -0.2) is 22.2 Å². The highest BCUT2D eigenvalue weighted by Crippen LogP contribution is 2.30. The summed E-state index contributed by atoms with van der Waals surface area (Å²) in [5, 5.41) is 13.4. The van der Waals surface area contributed by atoms with Gasteiger partial charge in [-0.1, -0.05) is 0 Å². The Morgan fingerprint density at radius 3 is 3.12 bits per heavy atom. The molecule has 0 radical (unpaired) electrons. The van der Waals surface area contributed by atoms with Gasteiger partial charge in [-0.05, 0) is 61.2 Å². The molecule has 2 aromatic heterocycles. The Labute approximate surface area is 165 Å². The fourth-order valence-corrected chi connectivity index (χ4v) is 4.92. The zero-order valence-electron chi connectivity index (χ0n) is 15.1. The maximum Gasteiger partial charge on any atom is 0.220 e. The quantitative estimate of drug-likeness (QED) is 0.819. The standard InChI is InChI=1S/C19H26N4OS.ClH/c24-19(21-11-14-13-25-18-5-2-1-4-17(14)18)7-6-15-10-16-12-20-8-3-9-23(16)22-15;/h10,13,20H,1-9,11-12H2,(H,21,24);1H. The molecule has 0 saturated carbocycles. The zero-order chi connectivity index (χ0) is 17.1. The molecule has 1 amide bonds. The van der Waals surface area contributed by atoms with Crippen molar-refractivity contribution in [1.82, 2.24) is 20.4 Å². The number of hydrogen-bond acceptors (Lipinski definition) is 4. The number of carbonyl (C=O) groups is 1. The summed E-state index contributed by atoms with van der Waals surface area (Å²) in [7, 11) is 0. The maximum absolute atomic E-state index is 12.2. The third-order valence-corrected chi connectivity index (χ3v) is 6.31. The molecule has 7 heteroatoms. The van der Waals surface area contributed by atoms with Crippen LogP contribution in [0.2, 0.25) is 0 Å². The molecule has 26 heavy (non-hydrogen) atoms. The number of aryl methyl sites for hydroxylation is 3. The van der Waals surface area contributed by atoms with Gasteiger partial charge in [-0.2, -0.15) is 5.10 Å². The number of nitrogens with zero attached hydrogens (tertiary/aromatic N) is 2. The molecule has 0 aromatic carbocycles. The van der Waals surface area contributed by atoms with Crippen molar-refractivity contribution in [3.63, 3.8) is 0 Å². The average Bonchev–Trinajstić information content (AvgIpc) is 3.16. The Morgan fingerprint density at radius 2 is 2.19 bits per heavy atom. The first-order valence-corrected chi connectivity index (χ1v) is 10.3. The predicted octanol–water partition coefficient (Wildman–Crippen LogP) is 2.99. The van der Waals surface area contributed by atoms with Gasteiger partial charge in [-0.3, -0.25) is 9.48 Å². The summed E-state index contributed by atoms with van der Waals surface area (Å²) < 4.78 is 2.09. The molecule has 0 unspecified atom stereocenters. The molecule has 0 bridgehead atoms. The molecule has 0 saturated heterocycles. The highest BCUT2D eigenvalue weighted by molar-refractivity contribution is 7.10. The molecule has 0 spiro atoms. The van der Waals surface area contributed by atoms with E-state index in [9.17, 15) is 4.79 Å². The number of nitrogens with one attached hydrogen (secondary N) is 2. The van der Waals surface area contributed by atoms with Crippen LogP contribution in [-0.2, 0) is 43.7 Å². The second kappa shape index (κ2) is 9.02. The van der Waals surface area contributed by atoms with Gasteiger partial charge >= 0.3 is 0 Å². The zero-order valence-corrected chi connectivity index (χ0v) is 16.7. The van der Waals surface area contributed by atoms with Crippen LogP contribution in [0.1, 0.15) is 53.1 Å². The Kier molecular flexibility index (Phi) is 6.73. The molecule has 4 rings (SSSR count). The summed E-state index contributed by atoms with van der Waals surface area (Å²) in [5.74, 6) is 0.122. The van der Waals surface area contributed by atoms with E-state index in [-0.39, 0.29) is 18.3 Å². The molecule has 3 heterocycles. The van der Waals surface area contributed by atoms with Crippen molar-refractivity contribution in [3.8, 4) is 0 Å². The highest BCUT2D eigenvalue weighted by atomic mass is 35.5. The van der Waals surface area contributed by atoms with Crippen molar-refractivity contribution >= 4 is 29.7 Å². The summed E-state index contributed by atoms with van der Waals surface area (Å²) in [6, 6.07) is 2.14. The van der Waals surface area contributed by atoms with Crippen LogP contribution < -0.4 is 10.6 Å². The van der Waals surface area contributed by atoms with E-state index in [1.54, 1.807) is 0 Å². The van der Waals surface area contributed by atoms with Crippen molar-refractivity contribution in [2.75, 3.05) is 6.54 Å². The molecule has 2 aromatic rings. The van der Waals surface area contributed by atoms with Crippen molar-refractivity contribution in [1.29, 1.82) is 0 Å². The van der Waals surface area contributed by atoms with Crippen molar-refractivity contribution in [3.05, 3.63) is 38.8 Å². The molecule has 1 aliphatic heterocycles. The fourth-order valence-electron chi connectivity index (χ4n) is 3.78. The van der Waals surface area contributed by atoms with Gasteiger partial charge in [0, 0.05) is 37.4 Å². The summed E-state index contributed by atoms with van der Waals surface area (Å²) in [6.45, 7) is 3.57. The lowest BCUT2D eigenvalue weighted by atomic mass is 9.96. The van der Waals surface area contributed by atoms with E-state index in [1.807, 2.05) is 11.3 Å². The molecule has 142 valence electrons. The van der Waals surface area contributed by atoms with Crippen LogP contribution >= 0.6 is 23.7 Å². The maximum atomic E-state index is 12.2. The summed E-state index contributed by atoms with van der Waals surface area (Å²) in [6.07, 6.45) is 7.32. The second-order valence-corrected chi connectivity index (χ2v) is 7.99. The van der Waals surface area contributed by atoms with Crippen molar-refractivity contribution in [2.24, 2.45) is 0 Å². The molecule has 2 N–H and O–H groups in total. The SMILES string of the molecule is Cl.O=C(CCc1cc2n(n1)CCCNC2)NCc1csc2c1CCCC2. The van der Waals surface area contributed by atoms with E-state index in [4.69, 9.17) is 0 Å². The lowest BCUT2D eigenvalue weighted by molar-refractivity contribution is -0.121. The van der Waals surface area contributed by atoms with Crippen molar-refractivity contribution in [2.45, 2.75) is 64.6 Å². The first-order chi connectivity index (χ1) is 12.3. The van der Waals surface area contributed by atoms with Gasteiger partial charge in [0.05, 0.1) is 11.4 Å². The minimum atomic E-state index is 0. The summed E-state index contributed by atoms with van der Waals surface area (Å²) >= 11 is 1.86. The molecule has 0 atom stereocenters. The smallest absolute Gasteiger partial charge is 0.220 e. The Balaban J connectivity index is 0.00000196. The molecule has 0 fully saturated rings. The third kappa shape index (κ3) is 4.48. The van der Waals surface area contributed by atoms with Gasteiger partial charge in [-0.15, -0.1) is 23.7 Å².